The summed E-state index contributed by atoms with van der Waals surface area (Å²) in [5.74, 6) is 0.0880. The van der Waals surface area contributed by atoms with Crippen LogP contribution in [0.5, 0.6) is 5.75 Å². The largest absolute Gasteiger partial charge is 0.511 e. The first-order chi connectivity index (χ1) is 19.3. The fourth-order valence-corrected chi connectivity index (χ4v) is 9.06. The maximum absolute atomic E-state index is 14.7. The summed E-state index contributed by atoms with van der Waals surface area (Å²) < 4.78 is 76.0. The number of halogens is 4. The van der Waals surface area contributed by atoms with E-state index in [9.17, 15) is 26.4 Å². The molecule has 0 spiro atoms. The molecule has 3 aromatic rings. The molecule has 2 heterocycles. The normalized spacial score (nSPS) is 19.4. The molecular formula is C28H28ClF3N3O5S+. The van der Waals surface area contributed by atoms with Gasteiger partial charge in [-0.25, -0.2) is 8.68 Å². The van der Waals surface area contributed by atoms with E-state index in [0.717, 1.165) is 23.9 Å². The predicted octanol–water partition coefficient (Wildman–Crippen LogP) is 6.30. The Labute approximate surface area is 240 Å². The van der Waals surface area contributed by atoms with Crippen LogP contribution in [0, 0.1) is 0 Å². The van der Waals surface area contributed by atoms with E-state index < -0.39 is 53.8 Å². The summed E-state index contributed by atoms with van der Waals surface area (Å²) in [5.41, 5.74) is 0.953. The predicted molar refractivity (Wildman–Crippen MR) is 145 cm³/mol. The molecule has 0 saturated carbocycles. The summed E-state index contributed by atoms with van der Waals surface area (Å²) in [6.07, 6.45) is -1.56. The number of alkyl halides is 3. The number of hydrogen-bond donors (Lipinski definition) is 1. The van der Waals surface area contributed by atoms with Crippen LogP contribution in [-0.4, -0.2) is 54.7 Å². The standard InChI is InChI=1S/C28H27ClF3N3O5S/c1-35(20-11-15-34(16-12-20)19-9-13-33-14-10-19,25-8-5-18-17-21(40-27(36)37)6-7-22(18)25)41(38,39)26-23(28(30,31)32)3-2-4-24(26)29/h2-4,6-7,9-10,13-14,17,20,25H,5,8,11-12,15-16H2,1H3/p+1. The summed E-state index contributed by atoms with van der Waals surface area (Å²) in [7, 11) is -3.26. The van der Waals surface area contributed by atoms with Gasteiger partial charge >= 0.3 is 22.4 Å². The number of hydrogen-bond acceptors (Lipinski definition) is 6. The molecule has 2 aliphatic rings. The van der Waals surface area contributed by atoms with Gasteiger partial charge in [0.2, 0.25) is 0 Å². The number of aromatic nitrogens is 1. The van der Waals surface area contributed by atoms with Crippen LogP contribution in [0.2, 0.25) is 5.02 Å². The zero-order valence-electron chi connectivity index (χ0n) is 22.0. The Morgan fingerprint density at radius 2 is 1.78 bits per heavy atom. The fourth-order valence-electron chi connectivity index (χ4n) is 6.27. The number of nitrogens with zero attached hydrogens (tertiary/aromatic N) is 3. The van der Waals surface area contributed by atoms with Crippen molar-refractivity contribution in [3.63, 3.8) is 0 Å². The lowest BCUT2D eigenvalue weighted by Crippen LogP contribution is -2.60. The van der Waals surface area contributed by atoms with Gasteiger partial charge in [0.15, 0.2) is 4.90 Å². The molecular weight excluding hydrogens is 583 g/mol. The second-order valence-corrected chi connectivity index (χ2v) is 12.9. The molecule has 41 heavy (non-hydrogen) atoms. The van der Waals surface area contributed by atoms with Crippen LogP contribution in [0.1, 0.15) is 42.0 Å². The topological polar surface area (TPSA) is 96.8 Å². The number of rotatable bonds is 6. The Balaban J connectivity index is 1.62. The lowest BCUT2D eigenvalue weighted by Gasteiger charge is -2.47. The molecule has 218 valence electrons. The molecule has 1 aliphatic carbocycles. The minimum Gasteiger partial charge on any atom is -0.449 e. The Morgan fingerprint density at radius 1 is 1.10 bits per heavy atom. The van der Waals surface area contributed by atoms with Crippen molar-refractivity contribution < 1.29 is 40.1 Å². The van der Waals surface area contributed by atoms with Gasteiger partial charge in [-0.3, -0.25) is 4.98 Å². The maximum atomic E-state index is 14.7. The van der Waals surface area contributed by atoms with Crippen LogP contribution in [-0.2, 0) is 22.6 Å². The minimum atomic E-state index is -4.94. The number of piperidine rings is 1. The van der Waals surface area contributed by atoms with E-state index in [1.54, 1.807) is 24.5 Å². The van der Waals surface area contributed by atoms with Crippen LogP contribution in [0.4, 0.5) is 23.7 Å². The number of carboxylic acid groups (broad SMARTS) is 1. The van der Waals surface area contributed by atoms with Crippen molar-refractivity contribution in [2.24, 2.45) is 0 Å². The Morgan fingerprint density at radius 3 is 2.41 bits per heavy atom. The van der Waals surface area contributed by atoms with Gasteiger partial charge in [0.05, 0.1) is 17.6 Å². The lowest BCUT2D eigenvalue weighted by molar-refractivity contribution is -0.846. The molecule has 0 amide bonds. The highest BCUT2D eigenvalue weighted by Gasteiger charge is 2.56. The van der Waals surface area contributed by atoms with E-state index in [1.807, 2.05) is 12.1 Å². The number of pyridine rings is 1. The third-order valence-electron chi connectivity index (χ3n) is 8.25. The molecule has 0 bridgehead atoms. The van der Waals surface area contributed by atoms with Crippen LogP contribution >= 0.6 is 11.6 Å². The average Bonchev–Trinajstić information content (AvgIpc) is 3.35. The van der Waals surface area contributed by atoms with E-state index in [4.69, 9.17) is 21.4 Å². The summed E-state index contributed by atoms with van der Waals surface area (Å²) >= 11 is 6.27. The molecule has 2 atom stereocenters. The van der Waals surface area contributed by atoms with Crippen molar-refractivity contribution in [3.8, 4) is 5.75 Å². The Bertz CT molecular complexity index is 1560. The maximum Gasteiger partial charge on any atom is 0.511 e. The fraction of sp³-hybridized carbons (Fsp3) is 0.357. The molecule has 0 radical (unpaired) electrons. The highest BCUT2D eigenvalue weighted by Crippen LogP contribution is 2.50. The second-order valence-electron chi connectivity index (χ2n) is 10.4. The summed E-state index contributed by atoms with van der Waals surface area (Å²) in [4.78, 5) is 16.3. The number of benzene rings is 2. The number of carbonyl (C=O) groups is 1. The summed E-state index contributed by atoms with van der Waals surface area (Å²) in [6.45, 7) is 0.995. The van der Waals surface area contributed by atoms with E-state index >= 15 is 0 Å². The molecule has 5 rings (SSSR count). The number of quaternary nitrogens is 1. The molecule has 13 heteroatoms. The van der Waals surface area contributed by atoms with Crippen molar-refractivity contribution >= 4 is 33.5 Å². The first-order valence-electron chi connectivity index (χ1n) is 13.0. The van der Waals surface area contributed by atoms with Crippen LogP contribution < -0.4 is 9.64 Å². The molecule has 8 nitrogen and oxygen atoms in total. The van der Waals surface area contributed by atoms with Crippen molar-refractivity contribution in [2.75, 3.05) is 25.0 Å². The number of fused-ring (bicyclic) bond motifs is 1. The number of sulfonamides is 1. The van der Waals surface area contributed by atoms with Gasteiger partial charge in [-0.1, -0.05) is 17.7 Å². The second kappa shape index (κ2) is 10.8. The van der Waals surface area contributed by atoms with Gasteiger partial charge in [-0.2, -0.15) is 21.6 Å². The van der Waals surface area contributed by atoms with Crippen LogP contribution in [0.15, 0.2) is 65.8 Å². The minimum absolute atomic E-state index is 0.0880. The highest BCUT2D eigenvalue weighted by molar-refractivity contribution is 7.86. The average molecular weight is 611 g/mol. The zero-order valence-corrected chi connectivity index (χ0v) is 23.6. The number of anilines is 1. The van der Waals surface area contributed by atoms with Gasteiger partial charge in [0, 0.05) is 56.0 Å². The van der Waals surface area contributed by atoms with E-state index in [0.29, 0.717) is 49.9 Å². The molecule has 1 fully saturated rings. The van der Waals surface area contributed by atoms with Crippen molar-refractivity contribution in [2.45, 2.75) is 48.8 Å². The molecule has 1 N–H and O–H groups in total. The first-order valence-corrected chi connectivity index (χ1v) is 14.8. The van der Waals surface area contributed by atoms with E-state index in [2.05, 4.69) is 9.88 Å². The summed E-state index contributed by atoms with van der Waals surface area (Å²) in [6, 6.07) is 10.0. The van der Waals surface area contributed by atoms with Crippen LogP contribution in [0.3, 0.4) is 0 Å². The SMILES string of the molecule is C[N+](C1CCN(c2ccncc2)CC1)(C1CCc2cc(OC(=O)O)ccc21)S(=O)(=O)c1c(Cl)cccc1C(F)(F)F. The zero-order chi connectivity index (χ0) is 29.6. The smallest absolute Gasteiger partial charge is 0.449 e. The van der Waals surface area contributed by atoms with Gasteiger partial charge < -0.3 is 14.7 Å². The van der Waals surface area contributed by atoms with Gasteiger partial charge in [-0.05, 0) is 54.4 Å². The molecule has 2 unspecified atom stereocenters. The van der Waals surface area contributed by atoms with E-state index in [-0.39, 0.29) is 5.75 Å². The monoisotopic (exact) mass is 610 g/mol. The number of ether oxygens (including phenoxy) is 1. The summed E-state index contributed by atoms with van der Waals surface area (Å²) in [5, 5.41) is 8.52. The first kappa shape index (κ1) is 29.2. The van der Waals surface area contributed by atoms with Gasteiger partial charge in [0.25, 0.3) is 0 Å². The Hall–Kier alpha value is -3.35. The van der Waals surface area contributed by atoms with Crippen molar-refractivity contribution in [3.05, 3.63) is 82.6 Å². The molecule has 2 aromatic carbocycles. The molecule has 1 saturated heterocycles. The van der Waals surface area contributed by atoms with Crippen LogP contribution in [0.25, 0.3) is 0 Å². The number of aryl methyl sites for hydroxylation is 1. The van der Waals surface area contributed by atoms with Gasteiger partial charge in [-0.15, -0.1) is 0 Å². The lowest BCUT2D eigenvalue weighted by atomic mass is 9.98. The Kier molecular flexibility index (Phi) is 7.68. The van der Waals surface area contributed by atoms with Crippen molar-refractivity contribution in [1.29, 1.82) is 0 Å². The highest BCUT2D eigenvalue weighted by atomic mass is 35.5. The van der Waals surface area contributed by atoms with Crippen molar-refractivity contribution in [1.82, 2.24) is 4.98 Å². The molecule has 1 aromatic heterocycles. The quantitative estimate of drug-likeness (QED) is 0.199. The van der Waals surface area contributed by atoms with Gasteiger partial charge in [0.1, 0.15) is 17.8 Å². The van der Waals surface area contributed by atoms with E-state index in [1.165, 1.54) is 13.1 Å². The third-order valence-corrected chi connectivity index (χ3v) is 11.2. The third kappa shape index (κ3) is 5.24. The molecule has 1 aliphatic heterocycles.